The van der Waals surface area contributed by atoms with Gasteiger partial charge in [0, 0.05) is 6.54 Å². The van der Waals surface area contributed by atoms with Crippen LogP contribution in [-0.2, 0) is 19.6 Å². The van der Waals surface area contributed by atoms with Crippen LogP contribution in [0.3, 0.4) is 0 Å². The molecule has 0 saturated carbocycles. The van der Waals surface area contributed by atoms with Gasteiger partial charge < -0.3 is 9.73 Å². The maximum absolute atomic E-state index is 12.3. The number of carbonyl (C=O) groups is 1. The van der Waals surface area contributed by atoms with Gasteiger partial charge in [-0.15, -0.1) is 0 Å². The van der Waals surface area contributed by atoms with Gasteiger partial charge in [0.25, 0.3) is 5.91 Å². The smallest absolute Gasteiger partial charge is 0.287 e. The van der Waals surface area contributed by atoms with Crippen LogP contribution in [0.25, 0.3) is 0 Å². The van der Waals surface area contributed by atoms with E-state index in [1.807, 2.05) is 17.7 Å². The molecule has 0 bridgehead atoms. The van der Waals surface area contributed by atoms with E-state index in [0.717, 1.165) is 42.1 Å². The van der Waals surface area contributed by atoms with Gasteiger partial charge in [-0.2, -0.15) is 5.10 Å². The van der Waals surface area contributed by atoms with Crippen LogP contribution in [0.4, 0.5) is 0 Å². The molecule has 2 aromatic rings. The lowest BCUT2D eigenvalue weighted by Crippen LogP contribution is -2.28. The number of aryl methyl sites for hydroxylation is 1. The summed E-state index contributed by atoms with van der Waals surface area (Å²) in [5.41, 5.74) is 0.950. The van der Waals surface area contributed by atoms with Crippen LogP contribution in [0.15, 0.2) is 27.2 Å². The van der Waals surface area contributed by atoms with Crippen molar-refractivity contribution < 1.29 is 9.21 Å². The molecule has 1 aliphatic rings. The summed E-state index contributed by atoms with van der Waals surface area (Å²) >= 11 is 3.46. The van der Waals surface area contributed by atoms with Crippen molar-refractivity contribution in [3.8, 4) is 0 Å². The van der Waals surface area contributed by atoms with E-state index in [0.29, 0.717) is 12.3 Å². The summed E-state index contributed by atoms with van der Waals surface area (Å²) in [6.07, 6.45) is 5.54. The lowest BCUT2D eigenvalue weighted by atomic mass is 10.1. The van der Waals surface area contributed by atoms with Gasteiger partial charge in [0.05, 0.1) is 29.5 Å². The number of hydrogen-bond acceptors (Lipinski definition) is 4. The Morgan fingerprint density at radius 2 is 2.12 bits per heavy atom. The Balaban J connectivity index is 1.56. The predicted molar refractivity (Wildman–Crippen MR) is 94.6 cm³/mol. The fourth-order valence-electron chi connectivity index (χ4n) is 3.01. The van der Waals surface area contributed by atoms with Crippen LogP contribution in [0.1, 0.15) is 48.2 Å². The van der Waals surface area contributed by atoms with Crippen LogP contribution in [0.2, 0.25) is 0 Å². The van der Waals surface area contributed by atoms with E-state index in [2.05, 4.69) is 31.2 Å². The summed E-state index contributed by atoms with van der Waals surface area (Å²) in [7, 11) is 0. The highest BCUT2D eigenvalue weighted by Gasteiger charge is 2.16. The third kappa shape index (κ3) is 4.08. The number of halogens is 1. The highest BCUT2D eigenvalue weighted by atomic mass is 79.9. The monoisotopic (exact) mass is 394 g/mol. The van der Waals surface area contributed by atoms with Gasteiger partial charge >= 0.3 is 0 Å². The number of nitrogens with one attached hydrogen (secondary N) is 1. The van der Waals surface area contributed by atoms with Crippen LogP contribution >= 0.6 is 15.9 Å². The number of aromatic nitrogens is 2. The van der Waals surface area contributed by atoms with Crippen LogP contribution in [-0.4, -0.2) is 33.7 Å². The summed E-state index contributed by atoms with van der Waals surface area (Å²) in [5, 5.41) is 7.14. The molecular formula is C17H23BrN4O2. The van der Waals surface area contributed by atoms with Crippen molar-refractivity contribution in [3.05, 3.63) is 40.0 Å². The first kappa shape index (κ1) is 17.2. The molecule has 0 radical (unpaired) electrons. The van der Waals surface area contributed by atoms with E-state index >= 15 is 0 Å². The number of rotatable bonds is 6. The summed E-state index contributed by atoms with van der Waals surface area (Å²) in [6, 6.07) is 3.65. The quantitative estimate of drug-likeness (QED) is 0.816. The van der Waals surface area contributed by atoms with Crippen molar-refractivity contribution in [2.45, 2.75) is 45.8 Å². The van der Waals surface area contributed by atoms with E-state index in [1.165, 1.54) is 19.3 Å². The van der Waals surface area contributed by atoms with E-state index in [9.17, 15) is 4.79 Å². The second kappa shape index (κ2) is 7.98. The molecule has 7 heteroatoms. The van der Waals surface area contributed by atoms with Gasteiger partial charge in [-0.25, -0.2) is 0 Å². The Morgan fingerprint density at radius 3 is 2.88 bits per heavy atom. The maximum atomic E-state index is 12.3. The molecule has 1 amide bonds. The molecule has 130 valence electrons. The number of amides is 1. The molecule has 1 aliphatic heterocycles. The fourth-order valence-corrected chi connectivity index (χ4v) is 3.45. The van der Waals surface area contributed by atoms with Gasteiger partial charge in [-0.05, 0) is 60.9 Å². The molecule has 1 saturated heterocycles. The van der Waals surface area contributed by atoms with Gasteiger partial charge in [0.15, 0.2) is 5.76 Å². The molecule has 1 fully saturated rings. The third-order valence-electron chi connectivity index (χ3n) is 4.33. The van der Waals surface area contributed by atoms with Gasteiger partial charge in [0.1, 0.15) is 5.76 Å². The second-order valence-corrected chi connectivity index (χ2v) is 6.89. The molecule has 0 spiro atoms. The molecule has 0 aliphatic carbocycles. The molecule has 6 nitrogen and oxygen atoms in total. The molecule has 24 heavy (non-hydrogen) atoms. The van der Waals surface area contributed by atoms with Crippen molar-refractivity contribution in [1.29, 1.82) is 0 Å². The number of carbonyl (C=O) groups excluding carboxylic acids is 1. The topological polar surface area (TPSA) is 63.3 Å². The van der Waals surface area contributed by atoms with E-state index < -0.39 is 0 Å². The molecule has 0 atom stereocenters. The first-order chi connectivity index (χ1) is 11.7. The van der Waals surface area contributed by atoms with Crippen LogP contribution in [0.5, 0.6) is 0 Å². The van der Waals surface area contributed by atoms with Crippen molar-refractivity contribution in [3.63, 3.8) is 0 Å². The Labute approximate surface area is 150 Å². The fraction of sp³-hybridized carbons (Fsp3) is 0.529. The van der Waals surface area contributed by atoms with Crippen molar-refractivity contribution in [2.75, 3.05) is 13.1 Å². The zero-order valence-electron chi connectivity index (χ0n) is 13.9. The Kier molecular flexibility index (Phi) is 5.73. The molecule has 0 aromatic carbocycles. The highest BCUT2D eigenvalue weighted by Crippen LogP contribution is 2.17. The zero-order valence-corrected chi connectivity index (χ0v) is 15.5. The first-order valence-corrected chi connectivity index (χ1v) is 9.26. The van der Waals surface area contributed by atoms with Gasteiger partial charge in [-0.3, -0.25) is 14.4 Å². The number of hydrogen-bond donors (Lipinski definition) is 1. The molecule has 2 aromatic heterocycles. The van der Waals surface area contributed by atoms with Gasteiger partial charge in [-0.1, -0.05) is 6.42 Å². The second-order valence-electron chi connectivity index (χ2n) is 6.04. The lowest BCUT2D eigenvalue weighted by molar-refractivity contribution is 0.0917. The number of likely N-dealkylation sites (tertiary alicyclic amines) is 1. The number of furan rings is 1. The Hall–Kier alpha value is -1.60. The minimum absolute atomic E-state index is 0.198. The first-order valence-electron chi connectivity index (χ1n) is 8.47. The van der Waals surface area contributed by atoms with Gasteiger partial charge in [0.2, 0.25) is 0 Å². The van der Waals surface area contributed by atoms with E-state index in [4.69, 9.17) is 4.42 Å². The van der Waals surface area contributed by atoms with Crippen molar-refractivity contribution in [1.82, 2.24) is 20.0 Å². The third-order valence-corrected chi connectivity index (χ3v) is 4.99. The summed E-state index contributed by atoms with van der Waals surface area (Å²) in [4.78, 5) is 14.7. The van der Waals surface area contributed by atoms with Crippen LogP contribution in [0, 0.1) is 0 Å². The SMILES string of the molecule is CCn1ncc(Br)c1CNC(=O)c1ccc(CN2CCCCC2)o1. The molecular weight excluding hydrogens is 372 g/mol. The van der Waals surface area contributed by atoms with E-state index in [-0.39, 0.29) is 5.91 Å². The standard InChI is InChI=1S/C17H23BrN4O2/c1-2-22-15(14(18)10-20-22)11-19-17(23)16-7-6-13(24-16)12-21-8-4-3-5-9-21/h6-7,10H,2-5,8-9,11-12H2,1H3,(H,19,23). The summed E-state index contributed by atoms with van der Waals surface area (Å²) < 4.78 is 8.47. The van der Waals surface area contributed by atoms with Crippen molar-refractivity contribution in [2.24, 2.45) is 0 Å². The number of piperidine rings is 1. The largest absolute Gasteiger partial charge is 0.455 e. The molecule has 3 heterocycles. The summed E-state index contributed by atoms with van der Waals surface area (Å²) in [5.74, 6) is 1.01. The van der Waals surface area contributed by atoms with Crippen LogP contribution < -0.4 is 5.32 Å². The predicted octanol–water partition coefficient (Wildman–Crippen LogP) is 3.17. The average Bonchev–Trinajstić information content (AvgIpc) is 3.20. The number of nitrogens with zero attached hydrogens (tertiary/aromatic N) is 3. The highest BCUT2D eigenvalue weighted by molar-refractivity contribution is 9.10. The average molecular weight is 395 g/mol. The molecule has 3 rings (SSSR count). The lowest BCUT2D eigenvalue weighted by Gasteiger charge is -2.25. The molecule has 0 unspecified atom stereocenters. The Morgan fingerprint density at radius 1 is 1.33 bits per heavy atom. The maximum Gasteiger partial charge on any atom is 0.287 e. The normalized spacial score (nSPS) is 15.6. The Bertz CT molecular complexity index is 689. The minimum Gasteiger partial charge on any atom is -0.455 e. The minimum atomic E-state index is -0.198. The molecule has 1 N–H and O–H groups in total. The summed E-state index contributed by atoms with van der Waals surface area (Å²) in [6.45, 7) is 6.19. The van der Waals surface area contributed by atoms with E-state index in [1.54, 1.807) is 12.3 Å². The van der Waals surface area contributed by atoms with Crippen molar-refractivity contribution >= 4 is 21.8 Å². The zero-order chi connectivity index (χ0) is 16.9.